The molecule has 2 rings (SSSR count). The molecule has 0 radical (unpaired) electrons. The molecule has 1 aromatic carbocycles. The Hall–Kier alpha value is -2.10. The highest BCUT2D eigenvalue weighted by Gasteiger charge is 2.19. The molecule has 0 aliphatic carbocycles. The molecule has 21 heavy (non-hydrogen) atoms. The van der Waals surface area contributed by atoms with Gasteiger partial charge in [0.15, 0.2) is 0 Å². The van der Waals surface area contributed by atoms with Crippen LogP contribution in [0.1, 0.15) is 37.8 Å². The Kier molecular flexibility index (Phi) is 5.55. The van der Waals surface area contributed by atoms with E-state index in [1.807, 2.05) is 49.4 Å². The zero-order chi connectivity index (χ0) is 15.1. The molecule has 4 nitrogen and oxygen atoms in total. The molecule has 0 saturated carbocycles. The Bertz CT molecular complexity index is 510. The van der Waals surface area contributed by atoms with Gasteiger partial charge in [-0.2, -0.15) is 0 Å². The first kappa shape index (κ1) is 15.3. The van der Waals surface area contributed by atoms with Gasteiger partial charge in [-0.05, 0) is 18.4 Å². The summed E-state index contributed by atoms with van der Waals surface area (Å²) in [5, 5.41) is 2.94. The second-order valence-electron chi connectivity index (χ2n) is 5.31. The monoisotopic (exact) mass is 287 g/mol. The quantitative estimate of drug-likeness (QED) is 0.638. The zero-order valence-electron chi connectivity index (χ0n) is 12.2. The molecular weight excluding hydrogens is 266 g/mol. The van der Waals surface area contributed by atoms with Crippen molar-refractivity contribution in [3.05, 3.63) is 48.0 Å². The fraction of sp³-hybridized carbons (Fsp3) is 0.412. The summed E-state index contributed by atoms with van der Waals surface area (Å²) in [5.74, 6) is -0.415. The summed E-state index contributed by atoms with van der Waals surface area (Å²) in [6, 6.07) is 9.29. The van der Waals surface area contributed by atoms with Crippen LogP contribution in [0, 0.1) is 5.92 Å². The maximum atomic E-state index is 11.9. The summed E-state index contributed by atoms with van der Waals surface area (Å²) >= 11 is 0. The van der Waals surface area contributed by atoms with E-state index in [1.54, 1.807) is 0 Å². The van der Waals surface area contributed by atoms with Gasteiger partial charge in [0.2, 0.25) is 5.91 Å². The van der Waals surface area contributed by atoms with Crippen molar-refractivity contribution in [2.45, 2.75) is 32.2 Å². The number of rotatable bonds is 1. The molecule has 1 amide bonds. The van der Waals surface area contributed by atoms with Crippen molar-refractivity contribution in [3.63, 3.8) is 0 Å². The second kappa shape index (κ2) is 7.62. The molecule has 0 saturated heterocycles. The minimum atomic E-state index is -0.293. The van der Waals surface area contributed by atoms with Crippen molar-refractivity contribution in [3.8, 4) is 0 Å². The SMILES string of the molecule is C[C@H]1C/C=C/CCC(=O)NC(c2ccccc2)COC1=O. The molecule has 1 aromatic rings. The lowest BCUT2D eigenvalue weighted by atomic mass is 10.1. The molecular formula is C17H21NO3. The number of nitrogens with one attached hydrogen (secondary N) is 1. The van der Waals surface area contributed by atoms with Gasteiger partial charge in [0.1, 0.15) is 6.61 Å². The molecule has 0 spiro atoms. The molecule has 2 atom stereocenters. The zero-order valence-corrected chi connectivity index (χ0v) is 12.2. The largest absolute Gasteiger partial charge is 0.463 e. The van der Waals surface area contributed by atoms with E-state index in [2.05, 4.69) is 5.32 Å². The first-order chi connectivity index (χ1) is 10.2. The van der Waals surface area contributed by atoms with Crippen molar-refractivity contribution in [2.75, 3.05) is 6.61 Å². The van der Waals surface area contributed by atoms with Crippen LogP contribution in [0.4, 0.5) is 0 Å². The van der Waals surface area contributed by atoms with Gasteiger partial charge in [-0.1, -0.05) is 49.4 Å². The number of benzene rings is 1. The second-order valence-corrected chi connectivity index (χ2v) is 5.31. The number of carbonyl (C=O) groups is 2. The number of hydrogen-bond donors (Lipinski definition) is 1. The van der Waals surface area contributed by atoms with Gasteiger partial charge < -0.3 is 10.1 Å². The number of cyclic esters (lactones) is 1. The van der Waals surface area contributed by atoms with Crippen LogP contribution in [0.2, 0.25) is 0 Å². The molecule has 1 unspecified atom stereocenters. The lowest BCUT2D eigenvalue weighted by molar-refractivity contribution is -0.149. The Morgan fingerprint density at radius 1 is 1.14 bits per heavy atom. The van der Waals surface area contributed by atoms with Crippen LogP contribution in [-0.2, 0) is 14.3 Å². The van der Waals surface area contributed by atoms with E-state index in [1.165, 1.54) is 0 Å². The Morgan fingerprint density at radius 2 is 1.90 bits per heavy atom. The molecule has 0 aromatic heterocycles. The van der Waals surface area contributed by atoms with E-state index in [9.17, 15) is 9.59 Å². The predicted molar refractivity (Wildman–Crippen MR) is 80.4 cm³/mol. The van der Waals surface area contributed by atoms with E-state index >= 15 is 0 Å². The highest BCUT2D eigenvalue weighted by atomic mass is 16.5. The van der Waals surface area contributed by atoms with E-state index in [0.29, 0.717) is 19.3 Å². The number of amides is 1. The third-order valence-electron chi connectivity index (χ3n) is 3.53. The van der Waals surface area contributed by atoms with E-state index < -0.39 is 0 Å². The molecule has 1 aliphatic rings. The van der Waals surface area contributed by atoms with Gasteiger partial charge in [-0.3, -0.25) is 9.59 Å². The summed E-state index contributed by atoms with van der Waals surface area (Å²) < 4.78 is 5.35. The number of ether oxygens (including phenoxy) is 1. The van der Waals surface area contributed by atoms with Crippen molar-refractivity contribution in [2.24, 2.45) is 5.92 Å². The number of allylic oxidation sites excluding steroid dienone is 2. The number of carbonyl (C=O) groups excluding carboxylic acids is 2. The maximum absolute atomic E-state index is 11.9. The van der Waals surface area contributed by atoms with Crippen LogP contribution >= 0.6 is 0 Å². The average molecular weight is 287 g/mol. The van der Waals surface area contributed by atoms with Crippen LogP contribution in [0.3, 0.4) is 0 Å². The van der Waals surface area contributed by atoms with Crippen molar-refractivity contribution in [1.29, 1.82) is 0 Å². The summed E-state index contributed by atoms with van der Waals surface area (Å²) in [5.41, 5.74) is 0.943. The lowest BCUT2D eigenvalue weighted by Crippen LogP contribution is -2.32. The lowest BCUT2D eigenvalue weighted by Gasteiger charge is -2.20. The highest BCUT2D eigenvalue weighted by molar-refractivity contribution is 5.77. The fourth-order valence-electron chi connectivity index (χ4n) is 2.21. The molecule has 1 heterocycles. The third-order valence-corrected chi connectivity index (χ3v) is 3.53. The number of esters is 1. The molecule has 1 aliphatic heterocycles. The van der Waals surface area contributed by atoms with Crippen LogP contribution < -0.4 is 5.32 Å². The third kappa shape index (κ3) is 4.74. The predicted octanol–water partition coefficient (Wildman–Crippen LogP) is 2.76. The normalized spacial score (nSPS) is 26.0. The minimum Gasteiger partial charge on any atom is -0.463 e. The van der Waals surface area contributed by atoms with Gasteiger partial charge in [-0.25, -0.2) is 0 Å². The Morgan fingerprint density at radius 3 is 2.67 bits per heavy atom. The minimum absolute atomic E-state index is 0.0295. The number of hydrogen-bond acceptors (Lipinski definition) is 3. The van der Waals surface area contributed by atoms with Crippen LogP contribution in [-0.4, -0.2) is 18.5 Å². The Labute approximate surface area is 125 Å². The Balaban J connectivity index is 2.13. The molecule has 112 valence electrons. The smallest absolute Gasteiger partial charge is 0.309 e. The van der Waals surface area contributed by atoms with E-state index in [-0.39, 0.29) is 30.4 Å². The fourth-order valence-corrected chi connectivity index (χ4v) is 2.21. The summed E-state index contributed by atoms with van der Waals surface area (Å²) in [6.45, 7) is 2.02. The first-order valence-corrected chi connectivity index (χ1v) is 7.32. The topological polar surface area (TPSA) is 55.4 Å². The summed E-state index contributed by atoms with van der Waals surface area (Å²) in [4.78, 5) is 23.9. The van der Waals surface area contributed by atoms with Gasteiger partial charge in [0.25, 0.3) is 0 Å². The van der Waals surface area contributed by atoms with Crippen LogP contribution in [0.15, 0.2) is 42.5 Å². The van der Waals surface area contributed by atoms with E-state index in [0.717, 1.165) is 5.56 Å². The van der Waals surface area contributed by atoms with Crippen molar-refractivity contribution >= 4 is 11.9 Å². The van der Waals surface area contributed by atoms with Crippen LogP contribution in [0.5, 0.6) is 0 Å². The average Bonchev–Trinajstić information content (AvgIpc) is 2.50. The van der Waals surface area contributed by atoms with E-state index in [4.69, 9.17) is 4.74 Å². The molecule has 0 fully saturated rings. The van der Waals surface area contributed by atoms with Gasteiger partial charge >= 0.3 is 5.97 Å². The summed E-state index contributed by atoms with van der Waals surface area (Å²) in [6.07, 6.45) is 5.67. The van der Waals surface area contributed by atoms with Gasteiger partial charge in [-0.15, -0.1) is 0 Å². The molecule has 4 heteroatoms. The highest BCUT2D eigenvalue weighted by Crippen LogP contribution is 2.16. The summed E-state index contributed by atoms with van der Waals surface area (Å²) in [7, 11) is 0. The van der Waals surface area contributed by atoms with Crippen molar-refractivity contribution < 1.29 is 14.3 Å². The standard InChI is InChI=1S/C17H21NO3/c1-13-8-4-2-7-11-16(19)18-15(12-21-17(13)20)14-9-5-3-6-10-14/h2-6,9-10,13,15H,7-8,11-12H2,1H3,(H,18,19)/b4-2+/t13-,15?/m0/s1. The van der Waals surface area contributed by atoms with Crippen molar-refractivity contribution in [1.82, 2.24) is 5.32 Å². The van der Waals surface area contributed by atoms with Gasteiger partial charge in [0.05, 0.1) is 12.0 Å². The first-order valence-electron chi connectivity index (χ1n) is 7.32. The molecule has 1 N–H and O–H groups in total. The maximum Gasteiger partial charge on any atom is 0.309 e. The van der Waals surface area contributed by atoms with Gasteiger partial charge in [0, 0.05) is 6.42 Å². The molecule has 0 bridgehead atoms. The van der Waals surface area contributed by atoms with Crippen LogP contribution in [0.25, 0.3) is 0 Å².